The van der Waals surface area contributed by atoms with Crippen molar-refractivity contribution in [2.45, 2.75) is 17.7 Å². The standard InChI is InChI=1S/C12H13F2NO3S/c13-9-4-1-5-10(14)11(9)19(17,18)7-8-3-2-6-15-12(8)16/h1,4-5,8H,2-3,6-7H2,(H,15,16)/t8-/m1/s1. The van der Waals surface area contributed by atoms with Gasteiger partial charge in [-0.1, -0.05) is 6.07 Å². The normalized spacial score (nSPS) is 20.1. The summed E-state index contributed by atoms with van der Waals surface area (Å²) in [5.74, 6) is -3.96. The second kappa shape index (κ2) is 5.24. The first-order valence-corrected chi connectivity index (χ1v) is 7.51. The molecule has 0 bridgehead atoms. The van der Waals surface area contributed by atoms with Gasteiger partial charge in [-0.05, 0) is 25.0 Å². The van der Waals surface area contributed by atoms with Crippen molar-refractivity contribution in [3.8, 4) is 0 Å². The van der Waals surface area contributed by atoms with E-state index in [0.717, 1.165) is 18.2 Å². The van der Waals surface area contributed by atoms with E-state index >= 15 is 0 Å². The number of benzene rings is 1. The molecule has 0 aliphatic carbocycles. The Morgan fingerprint density at radius 3 is 2.47 bits per heavy atom. The molecule has 19 heavy (non-hydrogen) atoms. The first-order chi connectivity index (χ1) is 8.92. The van der Waals surface area contributed by atoms with E-state index in [2.05, 4.69) is 5.32 Å². The number of amides is 1. The largest absolute Gasteiger partial charge is 0.356 e. The van der Waals surface area contributed by atoms with Gasteiger partial charge in [-0.3, -0.25) is 4.79 Å². The lowest BCUT2D eigenvalue weighted by molar-refractivity contribution is -0.125. The molecule has 1 amide bonds. The summed E-state index contributed by atoms with van der Waals surface area (Å²) in [6.07, 6.45) is 1.06. The van der Waals surface area contributed by atoms with Crippen molar-refractivity contribution in [3.63, 3.8) is 0 Å². The van der Waals surface area contributed by atoms with Gasteiger partial charge in [0.15, 0.2) is 9.84 Å². The third-order valence-corrected chi connectivity index (χ3v) is 4.90. The molecule has 1 aliphatic rings. The Bertz CT molecular complexity index is 581. The molecular formula is C12H13F2NO3S. The number of hydrogen-bond donors (Lipinski definition) is 1. The van der Waals surface area contributed by atoms with Gasteiger partial charge < -0.3 is 5.32 Å². The summed E-state index contributed by atoms with van der Waals surface area (Å²) in [6, 6.07) is 2.87. The van der Waals surface area contributed by atoms with Crippen LogP contribution in [0.3, 0.4) is 0 Å². The van der Waals surface area contributed by atoms with Gasteiger partial charge in [-0.2, -0.15) is 0 Å². The van der Waals surface area contributed by atoms with Crippen LogP contribution in [0, 0.1) is 17.6 Å². The highest BCUT2D eigenvalue weighted by atomic mass is 32.2. The molecule has 0 unspecified atom stereocenters. The van der Waals surface area contributed by atoms with E-state index in [-0.39, 0.29) is 5.91 Å². The topological polar surface area (TPSA) is 63.2 Å². The van der Waals surface area contributed by atoms with Crippen LogP contribution >= 0.6 is 0 Å². The minimum absolute atomic E-state index is 0.383. The van der Waals surface area contributed by atoms with Gasteiger partial charge in [0.1, 0.15) is 16.5 Å². The second-order valence-electron chi connectivity index (χ2n) is 4.46. The molecule has 1 aromatic rings. The maximum atomic E-state index is 13.5. The van der Waals surface area contributed by atoms with Crippen molar-refractivity contribution in [1.82, 2.24) is 5.32 Å². The number of carbonyl (C=O) groups excluding carboxylic acids is 1. The van der Waals surface area contributed by atoms with Gasteiger partial charge >= 0.3 is 0 Å². The van der Waals surface area contributed by atoms with E-state index in [1.54, 1.807) is 0 Å². The molecule has 1 N–H and O–H groups in total. The van der Waals surface area contributed by atoms with E-state index in [0.29, 0.717) is 19.4 Å². The third kappa shape index (κ3) is 2.91. The van der Waals surface area contributed by atoms with E-state index in [1.807, 2.05) is 0 Å². The summed E-state index contributed by atoms with van der Waals surface area (Å²) in [5, 5.41) is 2.54. The molecule has 7 heteroatoms. The SMILES string of the molecule is O=C1NCCC[C@@H]1CS(=O)(=O)c1c(F)cccc1F. The predicted octanol–water partition coefficient (Wildman–Crippen LogP) is 1.26. The Labute approximate surface area is 109 Å². The Kier molecular flexibility index (Phi) is 3.84. The predicted molar refractivity (Wildman–Crippen MR) is 64.1 cm³/mol. The molecule has 1 heterocycles. The molecule has 1 fully saturated rings. The molecule has 1 aromatic carbocycles. The average molecular weight is 289 g/mol. The van der Waals surface area contributed by atoms with Gasteiger partial charge in [0, 0.05) is 6.54 Å². The quantitative estimate of drug-likeness (QED) is 0.911. The molecule has 1 aliphatic heterocycles. The van der Waals surface area contributed by atoms with Crippen molar-refractivity contribution in [2.24, 2.45) is 5.92 Å². The van der Waals surface area contributed by atoms with Crippen LogP contribution in [0.4, 0.5) is 8.78 Å². The lowest BCUT2D eigenvalue weighted by Gasteiger charge is -2.21. The van der Waals surface area contributed by atoms with Gasteiger partial charge in [0.2, 0.25) is 5.91 Å². The van der Waals surface area contributed by atoms with Crippen molar-refractivity contribution in [1.29, 1.82) is 0 Å². The summed E-state index contributed by atoms with van der Waals surface area (Å²) < 4.78 is 51.0. The van der Waals surface area contributed by atoms with Crippen LogP contribution in [0.2, 0.25) is 0 Å². The minimum atomic E-state index is -4.16. The summed E-state index contributed by atoms with van der Waals surface area (Å²) in [7, 11) is -4.16. The van der Waals surface area contributed by atoms with Crippen LogP contribution in [-0.4, -0.2) is 26.6 Å². The molecule has 0 aromatic heterocycles. The molecule has 104 valence electrons. The third-order valence-electron chi connectivity index (χ3n) is 3.05. The van der Waals surface area contributed by atoms with Gasteiger partial charge in [-0.15, -0.1) is 0 Å². The zero-order valence-electron chi connectivity index (χ0n) is 10.0. The fourth-order valence-electron chi connectivity index (χ4n) is 2.12. The van der Waals surface area contributed by atoms with Crippen LogP contribution in [0.1, 0.15) is 12.8 Å². The van der Waals surface area contributed by atoms with Crippen molar-refractivity contribution in [3.05, 3.63) is 29.8 Å². The fraction of sp³-hybridized carbons (Fsp3) is 0.417. The minimum Gasteiger partial charge on any atom is -0.356 e. The maximum absolute atomic E-state index is 13.5. The number of carbonyl (C=O) groups is 1. The van der Waals surface area contributed by atoms with Gasteiger partial charge in [0.25, 0.3) is 0 Å². The highest BCUT2D eigenvalue weighted by molar-refractivity contribution is 7.91. The van der Waals surface area contributed by atoms with Crippen molar-refractivity contribution in [2.75, 3.05) is 12.3 Å². The highest BCUT2D eigenvalue weighted by Crippen LogP contribution is 2.23. The number of nitrogens with one attached hydrogen (secondary N) is 1. The van der Waals surface area contributed by atoms with Gasteiger partial charge in [-0.25, -0.2) is 17.2 Å². The summed E-state index contributed by atoms with van der Waals surface area (Å²) in [4.78, 5) is 10.6. The van der Waals surface area contributed by atoms with E-state index in [4.69, 9.17) is 0 Å². The zero-order valence-corrected chi connectivity index (χ0v) is 10.8. The van der Waals surface area contributed by atoms with Crippen molar-refractivity contribution < 1.29 is 22.0 Å². The molecule has 1 saturated heterocycles. The molecular weight excluding hydrogens is 276 g/mol. The van der Waals surface area contributed by atoms with Crippen LogP contribution in [0.15, 0.2) is 23.1 Å². The molecule has 0 saturated carbocycles. The highest BCUT2D eigenvalue weighted by Gasteiger charge is 2.31. The monoisotopic (exact) mass is 289 g/mol. The van der Waals surface area contributed by atoms with E-state index < -0.39 is 38.0 Å². The number of halogens is 2. The lowest BCUT2D eigenvalue weighted by Crippen LogP contribution is -2.39. The Morgan fingerprint density at radius 2 is 1.89 bits per heavy atom. The molecule has 0 radical (unpaired) electrons. The van der Waals surface area contributed by atoms with Crippen LogP contribution in [-0.2, 0) is 14.6 Å². The van der Waals surface area contributed by atoms with E-state index in [9.17, 15) is 22.0 Å². The van der Waals surface area contributed by atoms with Crippen LogP contribution in [0.5, 0.6) is 0 Å². The summed E-state index contributed by atoms with van der Waals surface area (Å²) in [6.45, 7) is 0.503. The number of hydrogen-bond acceptors (Lipinski definition) is 3. The average Bonchev–Trinajstić information content (AvgIpc) is 2.31. The Hall–Kier alpha value is -1.50. The Morgan fingerprint density at radius 1 is 1.26 bits per heavy atom. The van der Waals surface area contributed by atoms with Crippen LogP contribution < -0.4 is 5.32 Å². The number of sulfone groups is 1. The molecule has 0 spiro atoms. The summed E-state index contributed by atoms with van der Waals surface area (Å²) >= 11 is 0. The van der Waals surface area contributed by atoms with Gasteiger partial charge in [0.05, 0.1) is 11.7 Å². The molecule has 1 atom stereocenters. The fourth-order valence-corrected chi connectivity index (χ4v) is 3.87. The van der Waals surface area contributed by atoms with Crippen LogP contribution in [0.25, 0.3) is 0 Å². The first kappa shape index (κ1) is 13.9. The smallest absolute Gasteiger partial charge is 0.224 e. The second-order valence-corrected chi connectivity index (χ2v) is 6.43. The summed E-state index contributed by atoms with van der Waals surface area (Å²) in [5.41, 5.74) is 0. The maximum Gasteiger partial charge on any atom is 0.224 e. The Balaban J connectivity index is 2.30. The zero-order chi connectivity index (χ0) is 14.0. The van der Waals surface area contributed by atoms with E-state index in [1.165, 1.54) is 0 Å². The lowest BCUT2D eigenvalue weighted by atomic mass is 10.0. The number of rotatable bonds is 3. The molecule has 4 nitrogen and oxygen atoms in total. The number of piperidine rings is 1. The van der Waals surface area contributed by atoms with Crippen molar-refractivity contribution >= 4 is 15.7 Å². The first-order valence-electron chi connectivity index (χ1n) is 5.86. The molecule has 2 rings (SSSR count).